The number of hydrogen-bond donors (Lipinski definition) is 1. The second kappa shape index (κ2) is 6.51. The molecule has 0 aliphatic carbocycles. The van der Waals surface area contributed by atoms with Crippen LogP contribution in [0.2, 0.25) is 5.02 Å². The highest BCUT2D eigenvalue weighted by Gasteiger charge is 2.07. The first-order valence-electron chi connectivity index (χ1n) is 5.99. The molecule has 0 amide bonds. The Labute approximate surface area is 125 Å². The van der Waals surface area contributed by atoms with E-state index in [1.165, 1.54) is 12.1 Å². The van der Waals surface area contributed by atoms with Crippen LogP contribution in [0.3, 0.4) is 0 Å². The van der Waals surface area contributed by atoms with Crippen molar-refractivity contribution < 1.29 is 4.39 Å². The zero-order valence-electron chi connectivity index (χ0n) is 10.5. The molecule has 2 rings (SSSR count). The molecule has 0 unspecified atom stereocenters. The molecule has 0 fully saturated rings. The molecule has 4 heteroatoms. The van der Waals surface area contributed by atoms with Crippen LogP contribution in [-0.2, 0) is 6.54 Å². The van der Waals surface area contributed by atoms with Crippen molar-refractivity contribution in [1.82, 2.24) is 5.32 Å². The van der Waals surface area contributed by atoms with E-state index >= 15 is 0 Å². The first kappa shape index (κ1) is 14.5. The van der Waals surface area contributed by atoms with Gasteiger partial charge in [0.15, 0.2) is 0 Å². The van der Waals surface area contributed by atoms with Gasteiger partial charge in [-0.05, 0) is 48.4 Å². The number of halogens is 3. The standard InChI is InChI=1S/C15H14BrClFN/c1-10(11-2-5-14(18)6-3-11)19-9-12-8-13(17)4-7-15(12)16/h2-8,10,19H,9H2,1H3/t10-/m0/s1. The van der Waals surface area contributed by atoms with Gasteiger partial charge in [-0.1, -0.05) is 39.7 Å². The van der Waals surface area contributed by atoms with E-state index in [4.69, 9.17) is 11.6 Å². The number of hydrogen-bond acceptors (Lipinski definition) is 1. The third-order valence-corrected chi connectivity index (χ3v) is 3.99. The number of nitrogens with one attached hydrogen (secondary N) is 1. The fourth-order valence-electron chi connectivity index (χ4n) is 1.81. The Morgan fingerprint density at radius 1 is 1.21 bits per heavy atom. The summed E-state index contributed by atoms with van der Waals surface area (Å²) in [5.41, 5.74) is 2.15. The van der Waals surface area contributed by atoms with Gasteiger partial charge in [-0.25, -0.2) is 4.39 Å². The van der Waals surface area contributed by atoms with Gasteiger partial charge in [0.2, 0.25) is 0 Å². The molecule has 1 nitrogen and oxygen atoms in total. The summed E-state index contributed by atoms with van der Waals surface area (Å²) in [5, 5.41) is 4.11. The van der Waals surface area contributed by atoms with Crippen molar-refractivity contribution in [1.29, 1.82) is 0 Å². The Morgan fingerprint density at radius 3 is 2.58 bits per heavy atom. The lowest BCUT2D eigenvalue weighted by Crippen LogP contribution is -2.18. The van der Waals surface area contributed by atoms with E-state index < -0.39 is 0 Å². The molecule has 0 aliphatic rings. The van der Waals surface area contributed by atoms with Crippen LogP contribution in [-0.4, -0.2) is 0 Å². The molecule has 0 bridgehead atoms. The minimum absolute atomic E-state index is 0.145. The van der Waals surface area contributed by atoms with Gasteiger partial charge in [-0.15, -0.1) is 0 Å². The predicted molar refractivity (Wildman–Crippen MR) is 80.8 cm³/mol. The van der Waals surface area contributed by atoms with E-state index in [0.29, 0.717) is 6.54 Å². The second-order valence-electron chi connectivity index (χ2n) is 4.39. The Bertz CT molecular complexity index is 557. The minimum atomic E-state index is -0.214. The van der Waals surface area contributed by atoms with Gasteiger partial charge in [-0.2, -0.15) is 0 Å². The van der Waals surface area contributed by atoms with Crippen molar-refractivity contribution in [2.45, 2.75) is 19.5 Å². The van der Waals surface area contributed by atoms with Gasteiger partial charge in [0.25, 0.3) is 0 Å². The van der Waals surface area contributed by atoms with Crippen LogP contribution in [0, 0.1) is 5.82 Å². The Morgan fingerprint density at radius 2 is 1.89 bits per heavy atom. The normalized spacial score (nSPS) is 12.4. The smallest absolute Gasteiger partial charge is 0.123 e. The highest BCUT2D eigenvalue weighted by Crippen LogP contribution is 2.22. The average molecular weight is 343 g/mol. The summed E-state index contributed by atoms with van der Waals surface area (Å²) in [6.07, 6.45) is 0. The number of rotatable bonds is 4. The molecule has 0 saturated heterocycles. The lowest BCUT2D eigenvalue weighted by molar-refractivity contribution is 0.570. The molecule has 1 atom stereocenters. The Kier molecular flexibility index (Phi) is 4.97. The molecule has 0 radical (unpaired) electrons. The first-order valence-corrected chi connectivity index (χ1v) is 7.16. The van der Waals surface area contributed by atoms with Crippen molar-refractivity contribution in [2.75, 3.05) is 0 Å². The van der Waals surface area contributed by atoms with Gasteiger partial charge in [0, 0.05) is 22.1 Å². The van der Waals surface area contributed by atoms with E-state index in [2.05, 4.69) is 21.2 Å². The average Bonchev–Trinajstić information content (AvgIpc) is 2.40. The van der Waals surface area contributed by atoms with Crippen molar-refractivity contribution in [3.63, 3.8) is 0 Å². The molecule has 0 spiro atoms. The zero-order valence-corrected chi connectivity index (χ0v) is 12.8. The van der Waals surface area contributed by atoms with Crippen molar-refractivity contribution in [3.05, 3.63) is 68.9 Å². The monoisotopic (exact) mass is 341 g/mol. The summed E-state index contributed by atoms with van der Waals surface area (Å²) in [4.78, 5) is 0. The van der Waals surface area contributed by atoms with E-state index in [1.807, 2.05) is 25.1 Å². The molecular formula is C15H14BrClFN. The molecular weight excluding hydrogens is 329 g/mol. The molecule has 0 heterocycles. The molecule has 2 aromatic rings. The highest BCUT2D eigenvalue weighted by atomic mass is 79.9. The third kappa shape index (κ3) is 4.03. The maximum absolute atomic E-state index is 12.9. The minimum Gasteiger partial charge on any atom is -0.306 e. The predicted octanol–water partition coefficient (Wildman–Crippen LogP) is 5.09. The molecule has 0 saturated carbocycles. The van der Waals surface area contributed by atoms with E-state index in [0.717, 1.165) is 20.6 Å². The summed E-state index contributed by atoms with van der Waals surface area (Å²) in [7, 11) is 0. The summed E-state index contributed by atoms with van der Waals surface area (Å²) < 4.78 is 13.9. The molecule has 2 aromatic carbocycles. The van der Waals surface area contributed by atoms with E-state index in [9.17, 15) is 4.39 Å². The van der Waals surface area contributed by atoms with Crippen molar-refractivity contribution in [3.8, 4) is 0 Å². The van der Waals surface area contributed by atoms with Gasteiger partial charge in [0.1, 0.15) is 5.82 Å². The number of benzene rings is 2. The summed E-state index contributed by atoms with van der Waals surface area (Å²) in [6.45, 7) is 2.74. The lowest BCUT2D eigenvalue weighted by atomic mass is 10.1. The topological polar surface area (TPSA) is 12.0 Å². The lowest BCUT2D eigenvalue weighted by Gasteiger charge is -2.15. The maximum Gasteiger partial charge on any atom is 0.123 e. The largest absolute Gasteiger partial charge is 0.306 e. The molecule has 0 aliphatic heterocycles. The Hall–Kier alpha value is -0.900. The van der Waals surface area contributed by atoms with Crippen LogP contribution in [0.1, 0.15) is 24.1 Å². The van der Waals surface area contributed by atoms with Crippen LogP contribution < -0.4 is 5.32 Å². The van der Waals surface area contributed by atoms with Gasteiger partial charge >= 0.3 is 0 Å². The van der Waals surface area contributed by atoms with Crippen LogP contribution in [0.4, 0.5) is 4.39 Å². The van der Waals surface area contributed by atoms with Gasteiger partial charge in [-0.3, -0.25) is 0 Å². The van der Waals surface area contributed by atoms with Crippen LogP contribution in [0.15, 0.2) is 46.9 Å². The fourth-order valence-corrected chi connectivity index (χ4v) is 2.39. The summed E-state index contributed by atoms with van der Waals surface area (Å²) >= 11 is 9.47. The van der Waals surface area contributed by atoms with Gasteiger partial charge in [0.05, 0.1) is 0 Å². The quantitative estimate of drug-likeness (QED) is 0.816. The Balaban J connectivity index is 2.02. The first-order chi connectivity index (χ1) is 9.06. The van der Waals surface area contributed by atoms with Crippen LogP contribution in [0.5, 0.6) is 0 Å². The van der Waals surface area contributed by atoms with Gasteiger partial charge < -0.3 is 5.32 Å². The van der Waals surface area contributed by atoms with Crippen LogP contribution in [0.25, 0.3) is 0 Å². The SMILES string of the molecule is C[C@H](NCc1cc(Cl)ccc1Br)c1ccc(F)cc1. The maximum atomic E-state index is 12.9. The summed E-state index contributed by atoms with van der Waals surface area (Å²) in [5.74, 6) is -0.214. The molecule has 100 valence electrons. The van der Waals surface area contributed by atoms with E-state index in [-0.39, 0.29) is 11.9 Å². The highest BCUT2D eigenvalue weighted by molar-refractivity contribution is 9.10. The fraction of sp³-hybridized carbons (Fsp3) is 0.200. The third-order valence-electron chi connectivity index (χ3n) is 2.98. The van der Waals surface area contributed by atoms with Crippen molar-refractivity contribution in [2.24, 2.45) is 0 Å². The van der Waals surface area contributed by atoms with E-state index in [1.54, 1.807) is 12.1 Å². The zero-order chi connectivity index (χ0) is 13.8. The van der Waals surface area contributed by atoms with Crippen LogP contribution >= 0.6 is 27.5 Å². The van der Waals surface area contributed by atoms with Crippen molar-refractivity contribution >= 4 is 27.5 Å². The second-order valence-corrected chi connectivity index (χ2v) is 5.68. The molecule has 1 N–H and O–H groups in total. The molecule has 19 heavy (non-hydrogen) atoms. The molecule has 0 aromatic heterocycles. The summed E-state index contributed by atoms with van der Waals surface area (Å²) in [6, 6.07) is 12.4.